The summed E-state index contributed by atoms with van der Waals surface area (Å²) in [4.78, 5) is 36.8. The van der Waals surface area contributed by atoms with Crippen LogP contribution in [0.4, 0.5) is 0 Å². The number of hydrogen-bond donors (Lipinski definition) is 0. The van der Waals surface area contributed by atoms with E-state index in [1.807, 2.05) is 6.92 Å². The summed E-state index contributed by atoms with van der Waals surface area (Å²) in [6.07, 6.45) is 1.61. The summed E-state index contributed by atoms with van der Waals surface area (Å²) in [6, 6.07) is 11.6. The number of Topliss-reactive ketones (excluding diaryl/α,β-unsaturated/α-hetero) is 1. The second-order valence-corrected chi connectivity index (χ2v) is 6.61. The molecule has 0 unspecified atom stereocenters. The number of rotatable bonds is 8. The van der Waals surface area contributed by atoms with Gasteiger partial charge in [-0.15, -0.1) is 0 Å². The largest absolute Gasteiger partial charge is 0.496 e. The lowest BCUT2D eigenvalue weighted by Gasteiger charge is -2.09. The van der Waals surface area contributed by atoms with Crippen molar-refractivity contribution in [3.63, 3.8) is 0 Å². The zero-order chi connectivity index (χ0) is 21.0. The van der Waals surface area contributed by atoms with Crippen LogP contribution < -0.4 is 15.1 Å². The van der Waals surface area contributed by atoms with E-state index in [0.29, 0.717) is 41.7 Å². The zero-order valence-corrected chi connectivity index (χ0v) is 16.6. The van der Waals surface area contributed by atoms with Crippen LogP contribution in [0.2, 0.25) is 0 Å². The van der Waals surface area contributed by atoms with Crippen LogP contribution in [0.25, 0.3) is 11.0 Å². The Kier molecular flexibility index (Phi) is 6.12. The maximum Gasteiger partial charge on any atom is 0.347 e. The lowest BCUT2D eigenvalue weighted by atomic mass is 10.00. The summed E-state index contributed by atoms with van der Waals surface area (Å²) in [5.41, 5.74) is 0.807. The van der Waals surface area contributed by atoms with Crippen LogP contribution in [0.5, 0.6) is 11.5 Å². The van der Waals surface area contributed by atoms with E-state index in [4.69, 9.17) is 13.9 Å². The fourth-order valence-electron chi connectivity index (χ4n) is 3.05. The van der Waals surface area contributed by atoms with Crippen LogP contribution in [0.3, 0.4) is 0 Å². The van der Waals surface area contributed by atoms with E-state index in [-0.39, 0.29) is 16.9 Å². The number of aryl methyl sites for hydroxylation is 1. The Balaban J connectivity index is 1.93. The zero-order valence-electron chi connectivity index (χ0n) is 16.6. The number of methoxy groups -OCH3 is 2. The molecule has 3 rings (SSSR count). The topological polar surface area (TPSA) is 82.8 Å². The second-order valence-electron chi connectivity index (χ2n) is 6.61. The molecular formula is C23H22O6. The number of benzene rings is 2. The predicted molar refractivity (Wildman–Crippen MR) is 109 cm³/mol. The second kappa shape index (κ2) is 8.73. The molecule has 1 heterocycles. The number of carbonyl (C=O) groups excluding carboxylic acids is 2. The van der Waals surface area contributed by atoms with Gasteiger partial charge in [-0.3, -0.25) is 9.59 Å². The molecule has 0 spiro atoms. The average Bonchev–Trinajstić information content (AvgIpc) is 2.75. The highest BCUT2D eigenvalue weighted by Crippen LogP contribution is 2.31. The molecule has 0 aliphatic carbocycles. The van der Waals surface area contributed by atoms with Crippen LogP contribution in [-0.2, 0) is 11.2 Å². The van der Waals surface area contributed by atoms with Gasteiger partial charge in [-0.2, -0.15) is 0 Å². The molecule has 0 saturated heterocycles. The number of ether oxygens (including phenoxy) is 2. The highest BCUT2D eigenvalue weighted by atomic mass is 16.5. The average molecular weight is 394 g/mol. The summed E-state index contributed by atoms with van der Waals surface area (Å²) < 4.78 is 15.9. The third-order valence-electron chi connectivity index (χ3n) is 4.79. The van der Waals surface area contributed by atoms with Crippen LogP contribution >= 0.6 is 0 Å². The van der Waals surface area contributed by atoms with Gasteiger partial charge in [0.05, 0.1) is 19.6 Å². The molecule has 0 fully saturated rings. The van der Waals surface area contributed by atoms with E-state index in [2.05, 4.69) is 0 Å². The van der Waals surface area contributed by atoms with Crippen LogP contribution in [0.15, 0.2) is 51.7 Å². The molecule has 6 heteroatoms. The van der Waals surface area contributed by atoms with Gasteiger partial charge in [0.2, 0.25) is 0 Å². The Morgan fingerprint density at radius 1 is 1.00 bits per heavy atom. The number of ketones is 2. The van der Waals surface area contributed by atoms with E-state index in [1.165, 1.54) is 20.3 Å². The Morgan fingerprint density at radius 2 is 1.72 bits per heavy atom. The first-order chi connectivity index (χ1) is 14.0. The molecule has 2 aromatic carbocycles. The molecule has 0 N–H and O–H groups in total. The molecule has 0 atom stereocenters. The van der Waals surface area contributed by atoms with Crippen molar-refractivity contribution in [2.24, 2.45) is 0 Å². The minimum absolute atomic E-state index is 0.0742. The lowest BCUT2D eigenvalue weighted by Crippen LogP contribution is -2.15. The van der Waals surface area contributed by atoms with Crippen molar-refractivity contribution < 1.29 is 23.5 Å². The standard InChI is InChI=1S/C23H22O6/c1-4-16(24)10-7-14-5-8-15(9-6-14)22(25)19-13-18-20(28-3)11-17(27-2)12-21(18)29-23(19)26/h5-6,8-9,11-13H,4,7,10H2,1-3H3. The van der Waals surface area contributed by atoms with Gasteiger partial charge in [0.25, 0.3) is 0 Å². The van der Waals surface area contributed by atoms with E-state index in [0.717, 1.165) is 5.56 Å². The fraction of sp³-hybridized carbons (Fsp3) is 0.261. The van der Waals surface area contributed by atoms with Crippen molar-refractivity contribution in [1.82, 2.24) is 0 Å². The van der Waals surface area contributed by atoms with E-state index in [1.54, 1.807) is 36.4 Å². The van der Waals surface area contributed by atoms with Crippen molar-refractivity contribution in [2.75, 3.05) is 14.2 Å². The molecular weight excluding hydrogens is 372 g/mol. The van der Waals surface area contributed by atoms with Crippen molar-refractivity contribution in [3.8, 4) is 11.5 Å². The fourth-order valence-corrected chi connectivity index (χ4v) is 3.05. The van der Waals surface area contributed by atoms with E-state index < -0.39 is 11.4 Å². The third kappa shape index (κ3) is 4.37. The van der Waals surface area contributed by atoms with Crippen LogP contribution in [0.1, 0.15) is 41.3 Å². The molecule has 0 bridgehead atoms. The molecule has 29 heavy (non-hydrogen) atoms. The van der Waals surface area contributed by atoms with Crippen molar-refractivity contribution in [3.05, 3.63) is 69.6 Å². The molecule has 0 saturated carbocycles. The molecule has 0 aliphatic rings. The summed E-state index contributed by atoms with van der Waals surface area (Å²) in [6.45, 7) is 1.84. The first-order valence-electron chi connectivity index (χ1n) is 9.32. The maximum absolute atomic E-state index is 12.9. The normalized spacial score (nSPS) is 10.7. The monoisotopic (exact) mass is 394 g/mol. The molecule has 150 valence electrons. The summed E-state index contributed by atoms with van der Waals surface area (Å²) >= 11 is 0. The van der Waals surface area contributed by atoms with E-state index in [9.17, 15) is 14.4 Å². The van der Waals surface area contributed by atoms with Gasteiger partial charge in [-0.25, -0.2) is 4.79 Å². The highest BCUT2D eigenvalue weighted by molar-refractivity contribution is 6.10. The van der Waals surface area contributed by atoms with Gasteiger partial charge in [0.1, 0.15) is 28.4 Å². The SMILES string of the molecule is CCC(=O)CCc1ccc(C(=O)c2cc3c(OC)cc(OC)cc3oc2=O)cc1. The van der Waals surface area contributed by atoms with Crippen molar-refractivity contribution in [2.45, 2.75) is 26.2 Å². The molecule has 0 amide bonds. The highest BCUT2D eigenvalue weighted by Gasteiger charge is 2.18. The Hall–Kier alpha value is -3.41. The van der Waals surface area contributed by atoms with E-state index >= 15 is 0 Å². The lowest BCUT2D eigenvalue weighted by molar-refractivity contribution is -0.118. The van der Waals surface area contributed by atoms with Gasteiger partial charge in [-0.05, 0) is 18.1 Å². The van der Waals surface area contributed by atoms with Gasteiger partial charge in [0, 0.05) is 30.5 Å². The quantitative estimate of drug-likeness (QED) is 0.425. The van der Waals surface area contributed by atoms with Gasteiger partial charge >= 0.3 is 5.63 Å². The molecule has 1 aromatic heterocycles. The number of carbonyl (C=O) groups is 2. The van der Waals surface area contributed by atoms with Crippen LogP contribution in [0, 0.1) is 0 Å². The minimum Gasteiger partial charge on any atom is -0.496 e. The molecule has 0 radical (unpaired) electrons. The maximum atomic E-state index is 12.9. The number of hydrogen-bond acceptors (Lipinski definition) is 6. The van der Waals surface area contributed by atoms with Gasteiger partial charge in [0.15, 0.2) is 5.78 Å². The van der Waals surface area contributed by atoms with Gasteiger partial charge in [-0.1, -0.05) is 31.2 Å². The Morgan fingerprint density at radius 3 is 2.34 bits per heavy atom. The van der Waals surface area contributed by atoms with Crippen molar-refractivity contribution in [1.29, 1.82) is 0 Å². The summed E-state index contributed by atoms with van der Waals surface area (Å²) in [5.74, 6) is 0.681. The molecule has 0 aliphatic heterocycles. The van der Waals surface area contributed by atoms with Crippen LogP contribution in [-0.4, -0.2) is 25.8 Å². The van der Waals surface area contributed by atoms with Crippen molar-refractivity contribution >= 4 is 22.5 Å². The smallest absolute Gasteiger partial charge is 0.347 e. The Labute approximate surface area is 168 Å². The number of fused-ring (bicyclic) bond motifs is 1. The first kappa shape index (κ1) is 20.3. The minimum atomic E-state index is -0.726. The molecule has 6 nitrogen and oxygen atoms in total. The third-order valence-corrected chi connectivity index (χ3v) is 4.79. The summed E-state index contributed by atoms with van der Waals surface area (Å²) in [7, 11) is 2.99. The predicted octanol–water partition coefficient (Wildman–Crippen LogP) is 3.95. The first-order valence-corrected chi connectivity index (χ1v) is 9.32. The molecule has 3 aromatic rings. The Bertz CT molecular complexity index is 1110. The summed E-state index contributed by atoms with van der Waals surface area (Å²) in [5, 5.41) is 0.506. The van der Waals surface area contributed by atoms with Gasteiger partial charge < -0.3 is 13.9 Å².